The molecule has 2 aromatic rings. The van der Waals surface area contributed by atoms with Crippen LogP contribution in [0.3, 0.4) is 0 Å². The number of rotatable bonds is 6. The zero-order valence-corrected chi connectivity index (χ0v) is 22.7. The molecule has 1 aromatic heterocycles. The van der Waals surface area contributed by atoms with Crippen LogP contribution >= 0.6 is 11.8 Å². The number of aliphatic imine (C=N–C) groups is 1. The molecular weight excluding hydrogens is 503 g/mol. The van der Waals surface area contributed by atoms with Crippen LogP contribution in [0.25, 0.3) is 0 Å². The fraction of sp³-hybridized carbons (Fsp3) is 0.519. The van der Waals surface area contributed by atoms with Gasteiger partial charge in [-0.25, -0.2) is 19.4 Å². The van der Waals surface area contributed by atoms with Gasteiger partial charge in [-0.05, 0) is 88.0 Å². The van der Waals surface area contributed by atoms with Gasteiger partial charge < -0.3 is 15.1 Å². The number of hydrogen-bond donors (Lipinski definition) is 2. The number of nitrogens with zero attached hydrogens (tertiary/aromatic N) is 6. The van der Waals surface area contributed by atoms with Gasteiger partial charge in [-0.15, -0.1) is 0 Å². The van der Waals surface area contributed by atoms with E-state index in [2.05, 4.69) is 37.7 Å². The van der Waals surface area contributed by atoms with Crippen molar-refractivity contribution in [1.29, 1.82) is 0 Å². The number of carbonyl (C=O) groups is 1. The van der Waals surface area contributed by atoms with Gasteiger partial charge in [0.05, 0.1) is 5.69 Å². The molecule has 0 atom stereocenters. The van der Waals surface area contributed by atoms with Crippen LogP contribution in [-0.4, -0.2) is 65.5 Å². The number of nitrogens with one attached hydrogen (secondary N) is 2. The Labute approximate surface area is 226 Å². The molecule has 1 amide bonds. The number of anilines is 2. The monoisotopic (exact) mass is 536 g/mol. The van der Waals surface area contributed by atoms with Gasteiger partial charge in [0.25, 0.3) is 0 Å². The van der Waals surface area contributed by atoms with Crippen molar-refractivity contribution in [2.45, 2.75) is 55.5 Å². The summed E-state index contributed by atoms with van der Waals surface area (Å²) in [6, 6.07) is 6.75. The molecule has 1 aliphatic carbocycles. The van der Waals surface area contributed by atoms with Crippen LogP contribution < -0.4 is 15.6 Å². The molecule has 2 saturated heterocycles. The predicted molar refractivity (Wildman–Crippen MR) is 148 cm³/mol. The van der Waals surface area contributed by atoms with E-state index >= 15 is 0 Å². The topological polar surface area (TPSA) is 98.1 Å². The number of benzene rings is 1. The van der Waals surface area contributed by atoms with Crippen LogP contribution in [0.15, 0.2) is 44.4 Å². The normalized spacial score (nSPS) is 22.1. The number of aromatic nitrogens is 2. The highest BCUT2D eigenvalue weighted by atomic mass is 32.2. The predicted octanol–water partition coefficient (Wildman–Crippen LogP) is 4.44. The minimum Gasteiger partial charge on any atom is -0.356 e. The summed E-state index contributed by atoms with van der Waals surface area (Å²) in [5, 5.41) is 7.42. The summed E-state index contributed by atoms with van der Waals surface area (Å²) >= 11 is 1.29. The lowest BCUT2D eigenvalue weighted by Gasteiger charge is -2.39. The molecule has 4 aliphatic rings. The Morgan fingerprint density at radius 3 is 2.63 bits per heavy atom. The Kier molecular flexibility index (Phi) is 6.81. The smallest absolute Gasteiger partial charge is 0.227 e. The average Bonchev–Trinajstić information content (AvgIpc) is 3.58. The second kappa shape index (κ2) is 10.3. The van der Waals surface area contributed by atoms with Crippen LogP contribution in [0.1, 0.15) is 45.4 Å². The number of piperidine rings is 1. The number of likely N-dealkylation sites (tertiary alicyclic amines) is 1. The zero-order valence-electron chi connectivity index (χ0n) is 21.8. The molecule has 9 nitrogen and oxygen atoms in total. The molecule has 38 heavy (non-hydrogen) atoms. The summed E-state index contributed by atoms with van der Waals surface area (Å²) in [5.41, 5.74) is 4.56. The fourth-order valence-electron chi connectivity index (χ4n) is 5.47. The highest BCUT2D eigenvalue weighted by molar-refractivity contribution is 7.99. The van der Waals surface area contributed by atoms with E-state index in [4.69, 9.17) is 9.98 Å². The Morgan fingerprint density at radius 1 is 1.18 bits per heavy atom. The molecule has 0 bridgehead atoms. The zero-order chi connectivity index (χ0) is 26.3. The molecule has 200 valence electrons. The molecule has 1 spiro atoms. The summed E-state index contributed by atoms with van der Waals surface area (Å²) in [7, 11) is 2.21. The first-order valence-corrected chi connectivity index (χ1v) is 14.1. The van der Waals surface area contributed by atoms with E-state index < -0.39 is 5.82 Å². The van der Waals surface area contributed by atoms with Gasteiger partial charge >= 0.3 is 0 Å². The van der Waals surface area contributed by atoms with Gasteiger partial charge in [-0.1, -0.05) is 0 Å². The number of hydrogen-bond acceptors (Lipinski definition) is 8. The number of halogens is 1. The van der Waals surface area contributed by atoms with Crippen LogP contribution in [0.2, 0.25) is 0 Å². The van der Waals surface area contributed by atoms with Gasteiger partial charge in [-0.3, -0.25) is 10.2 Å². The molecule has 1 saturated carbocycles. The van der Waals surface area contributed by atoms with E-state index in [1.54, 1.807) is 12.1 Å². The minimum atomic E-state index is -0.466. The van der Waals surface area contributed by atoms with Crippen LogP contribution in [0.4, 0.5) is 21.7 Å². The largest absolute Gasteiger partial charge is 0.356 e. The quantitative estimate of drug-likeness (QED) is 0.527. The summed E-state index contributed by atoms with van der Waals surface area (Å²) in [5.74, 6) is 1.58. The lowest BCUT2D eigenvalue weighted by Crippen LogP contribution is -2.41. The molecule has 0 unspecified atom stereocenters. The molecule has 2 N–H and O–H groups in total. The first-order chi connectivity index (χ1) is 18.3. The lowest BCUT2D eigenvalue weighted by molar-refractivity contribution is -0.117. The fourth-order valence-corrected chi connectivity index (χ4v) is 6.26. The summed E-state index contributed by atoms with van der Waals surface area (Å²) < 4.78 is 14.8. The van der Waals surface area contributed by atoms with Gasteiger partial charge in [-0.2, -0.15) is 5.10 Å². The molecule has 6 rings (SSSR count). The first kappa shape index (κ1) is 25.2. The van der Waals surface area contributed by atoms with E-state index in [-0.39, 0.29) is 17.5 Å². The molecular formula is C27H33FN8OS. The molecule has 3 fully saturated rings. The van der Waals surface area contributed by atoms with Crippen molar-refractivity contribution in [3.63, 3.8) is 0 Å². The minimum absolute atomic E-state index is 0.0161. The summed E-state index contributed by atoms with van der Waals surface area (Å²) in [4.78, 5) is 31.7. The molecule has 1 aromatic carbocycles. The molecule has 4 heterocycles. The number of carbonyl (C=O) groups excluding carboxylic acids is 1. The summed E-state index contributed by atoms with van der Waals surface area (Å²) in [6.45, 7) is 6.17. The second-order valence-electron chi connectivity index (χ2n) is 11.0. The van der Waals surface area contributed by atoms with Crippen molar-refractivity contribution in [2.24, 2.45) is 21.4 Å². The Balaban J connectivity index is 1.22. The van der Waals surface area contributed by atoms with Crippen molar-refractivity contribution in [3.05, 3.63) is 30.1 Å². The maximum Gasteiger partial charge on any atom is 0.227 e. The highest BCUT2D eigenvalue weighted by Crippen LogP contribution is 2.41. The van der Waals surface area contributed by atoms with Crippen LogP contribution in [-0.2, 0) is 4.79 Å². The maximum atomic E-state index is 14.8. The third-order valence-corrected chi connectivity index (χ3v) is 8.71. The molecule has 11 heteroatoms. The SMILES string of the molecule is CC1=NNC(=Nc2cc(N3CCC4(CCN(C)C4)CC3)nc(Sc3ccc(NC(=O)C4CC4)c(F)c3)n2)C1. The average molecular weight is 537 g/mol. The van der Waals surface area contributed by atoms with E-state index in [0.29, 0.717) is 27.7 Å². The van der Waals surface area contributed by atoms with Crippen molar-refractivity contribution in [2.75, 3.05) is 43.4 Å². The standard InChI is InChI=1S/C27H33FN8OS/c1-17-13-23(34-33-17)30-22-15-24(36-11-8-27(9-12-36)7-10-35(2)16-27)32-26(31-22)38-19-5-6-21(20(28)14-19)29-25(37)18-3-4-18/h5-6,14-15,18H,3-4,7-13,16H2,1-2H3,(H,29,37)(H,30,31,32,34). The van der Waals surface area contributed by atoms with E-state index in [9.17, 15) is 9.18 Å². The van der Waals surface area contributed by atoms with Crippen molar-refractivity contribution < 1.29 is 9.18 Å². The van der Waals surface area contributed by atoms with Crippen molar-refractivity contribution in [3.8, 4) is 0 Å². The van der Waals surface area contributed by atoms with Gasteiger partial charge in [0.2, 0.25) is 5.91 Å². The Bertz CT molecular complexity index is 1300. The van der Waals surface area contributed by atoms with E-state index in [0.717, 1.165) is 62.7 Å². The van der Waals surface area contributed by atoms with Crippen molar-refractivity contribution in [1.82, 2.24) is 20.3 Å². The second-order valence-corrected chi connectivity index (χ2v) is 12.1. The molecule has 3 aliphatic heterocycles. The van der Waals surface area contributed by atoms with Gasteiger partial charge in [0.15, 0.2) is 11.0 Å². The Morgan fingerprint density at radius 2 is 1.97 bits per heavy atom. The van der Waals surface area contributed by atoms with Crippen LogP contribution in [0, 0.1) is 17.2 Å². The van der Waals surface area contributed by atoms with Gasteiger partial charge in [0, 0.05) is 48.6 Å². The maximum absolute atomic E-state index is 14.8. The lowest BCUT2D eigenvalue weighted by atomic mass is 9.78. The van der Waals surface area contributed by atoms with Gasteiger partial charge in [0.1, 0.15) is 17.5 Å². The summed E-state index contributed by atoms with van der Waals surface area (Å²) in [6.07, 6.45) is 5.94. The Hall–Kier alpha value is -3.05. The van der Waals surface area contributed by atoms with Crippen LogP contribution in [0.5, 0.6) is 0 Å². The number of amidine groups is 1. The first-order valence-electron chi connectivity index (χ1n) is 13.3. The third kappa shape index (κ3) is 5.68. The number of hydrazone groups is 1. The van der Waals surface area contributed by atoms with E-state index in [1.807, 2.05) is 13.0 Å². The van der Waals surface area contributed by atoms with Crippen molar-refractivity contribution >= 4 is 46.5 Å². The number of amides is 1. The third-order valence-electron chi connectivity index (χ3n) is 7.86. The molecule has 0 radical (unpaired) electrons. The van der Waals surface area contributed by atoms with E-state index in [1.165, 1.54) is 30.8 Å². The highest BCUT2D eigenvalue weighted by Gasteiger charge is 2.39.